The molecule has 0 spiro atoms. The summed E-state index contributed by atoms with van der Waals surface area (Å²) in [5, 5.41) is 3.13. The van der Waals surface area contributed by atoms with Gasteiger partial charge in [0, 0.05) is 24.8 Å². The lowest BCUT2D eigenvalue weighted by Crippen LogP contribution is -2.52. The molecule has 0 unspecified atom stereocenters. The maximum atomic E-state index is 13.7. The molecule has 1 N–H and O–H groups in total. The van der Waals surface area contributed by atoms with Crippen LogP contribution in [0.1, 0.15) is 48.1 Å². The highest BCUT2D eigenvalue weighted by atomic mass is 32.2. The summed E-state index contributed by atoms with van der Waals surface area (Å²) in [6, 6.07) is 25.9. The van der Waals surface area contributed by atoms with Gasteiger partial charge in [0.15, 0.2) is 0 Å². The third-order valence-electron chi connectivity index (χ3n) is 6.49. The van der Waals surface area contributed by atoms with Gasteiger partial charge >= 0.3 is 0 Å². The number of amides is 2. The number of hydrogen-bond acceptors (Lipinski definition) is 3. The fourth-order valence-electron chi connectivity index (χ4n) is 3.99. The second kappa shape index (κ2) is 13.9. The van der Waals surface area contributed by atoms with Gasteiger partial charge in [-0.2, -0.15) is 0 Å². The molecule has 3 rings (SSSR count). The van der Waals surface area contributed by atoms with E-state index in [0.29, 0.717) is 18.7 Å². The number of carbonyl (C=O) groups is 2. The third kappa shape index (κ3) is 8.27. The van der Waals surface area contributed by atoms with E-state index in [2.05, 4.69) is 56.4 Å². The zero-order valence-corrected chi connectivity index (χ0v) is 22.7. The third-order valence-corrected chi connectivity index (χ3v) is 7.48. The molecule has 0 aliphatic carbocycles. The predicted octanol–water partition coefficient (Wildman–Crippen LogP) is 6.09. The van der Waals surface area contributed by atoms with Gasteiger partial charge in [-0.1, -0.05) is 91.3 Å². The molecule has 0 heterocycles. The molecule has 0 aromatic heterocycles. The van der Waals surface area contributed by atoms with Crippen molar-refractivity contribution in [3.05, 3.63) is 107 Å². The standard InChI is InChI=1S/C31H38N2O2S/c1-5-25(4)32-31(35)29(19-26-12-7-6-8-13-26)33(20-28-14-10-9-11-24(28)3)30(34)22-36-21-27-17-15-23(2)16-18-27/h6-18,25,29H,5,19-22H2,1-4H3,(H,32,35)/t25-,29-/m0/s1. The van der Waals surface area contributed by atoms with E-state index in [1.54, 1.807) is 16.7 Å². The Morgan fingerprint density at radius 1 is 0.889 bits per heavy atom. The first kappa shape index (κ1) is 27.5. The fourth-order valence-corrected chi connectivity index (χ4v) is 4.86. The maximum Gasteiger partial charge on any atom is 0.243 e. The van der Waals surface area contributed by atoms with Crippen LogP contribution in [0.2, 0.25) is 0 Å². The van der Waals surface area contributed by atoms with Gasteiger partial charge < -0.3 is 10.2 Å². The summed E-state index contributed by atoms with van der Waals surface area (Å²) in [5.41, 5.74) is 5.63. The first-order valence-electron chi connectivity index (χ1n) is 12.7. The van der Waals surface area contributed by atoms with Gasteiger partial charge in [-0.3, -0.25) is 9.59 Å². The van der Waals surface area contributed by atoms with Crippen molar-refractivity contribution in [2.75, 3.05) is 5.75 Å². The summed E-state index contributed by atoms with van der Waals surface area (Å²) in [7, 11) is 0. The molecule has 2 amide bonds. The van der Waals surface area contributed by atoms with Crippen molar-refractivity contribution >= 4 is 23.6 Å². The monoisotopic (exact) mass is 502 g/mol. The largest absolute Gasteiger partial charge is 0.352 e. The highest BCUT2D eigenvalue weighted by molar-refractivity contribution is 7.99. The Labute approximate surface area is 220 Å². The van der Waals surface area contributed by atoms with Crippen molar-refractivity contribution in [2.45, 2.75) is 64.9 Å². The molecule has 3 aromatic rings. The van der Waals surface area contributed by atoms with E-state index in [1.165, 1.54) is 11.1 Å². The van der Waals surface area contributed by atoms with Crippen LogP contribution in [0.3, 0.4) is 0 Å². The highest BCUT2D eigenvalue weighted by Gasteiger charge is 2.31. The molecule has 0 bridgehead atoms. The zero-order chi connectivity index (χ0) is 25.9. The highest BCUT2D eigenvalue weighted by Crippen LogP contribution is 2.20. The van der Waals surface area contributed by atoms with E-state index < -0.39 is 6.04 Å². The maximum absolute atomic E-state index is 13.7. The number of nitrogens with zero attached hydrogens (tertiary/aromatic N) is 1. The molecule has 0 saturated carbocycles. The van der Waals surface area contributed by atoms with Gasteiger partial charge in [0.2, 0.25) is 11.8 Å². The fraction of sp³-hybridized carbons (Fsp3) is 0.355. The van der Waals surface area contributed by atoms with Gasteiger partial charge in [0.25, 0.3) is 0 Å². The predicted molar refractivity (Wildman–Crippen MR) is 151 cm³/mol. The minimum atomic E-state index is -0.589. The molecule has 5 heteroatoms. The van der Waals surface area contributed by atoms with E-state index in [-0.39, 0.29) is 17.9 Å². The van der Waals surface area contributed by atoms with Crippen LogP contribution in [0.5, 0.6) is 0 Å². The van der Waals surface area contributed by atoms with Crippen molar-refractivity contribution in [3.8, 4) is 0 Å². The number of nitrogens with one attached hydrogen (secondary N) is 1. The number of aryl methyl sites for hydroxylation is 2. The van der Waals surface area contributed by atoms with Crippen LogP contribution < -0.4 is 5.32 Å². The molecule has 0 radical (unpaired) electrons. The van der Waals surface area contributed by atoms with E-state index in [0.717, 1.165) is 28.9 Å². The van der Waals surface area contributed by atoms with Gasteiger partial charge in [-0.25, -0.2) is 0 Å². The van der Waals surface area contributed by atoms with Crippen LogP contribution in [-0.4, -0.2) is 34.6 Å². The second-order valence-electron chi connectivity index (χ2n) is 9.45. The van der Waals surface area contributed by atoms with E-state index in [9.17, 15) is 9.59 Å². The molecule has 36 heavy (non-hydrogen) atoms. The summed E-state index contributed by atoms with van der Waals surface area (Å²) in [6.45, 7) is 8.58. The minimum Gasteiger partial charge on any atom is -0.352 e. The Kier molecular flexibility index (Phi) is 10.6. The Morgan fingerprint density at radius 3 is 2.22 bits per heavy atom. The Balaban J connectivity index is 1.86. The van der Waals surface area contributed by atoms with Crippen LogP contribution in [0, 0.1) is 13.8 Å². The summed E-state index contributed by atoms with van der Waals surface area (Å²) >= 11 is 1.59. The smallest absolute Gasteiger partial charge is 0.243 e. The lowest BCUT2D eigenvalue weighted by molar-refractivity contribution is -0.139. The number of thioether (sulfide) groups is 1. The van der Waals surface area contributed by atoms with Crippen molar-refractivity contribution in [1.82, 2.24) is 10.2 Å². The van der Waals surface area contributed by atoms with Gasteiger partial charge in [0.1, 0.15) is 6.04 Å². The van der Waals surface area contributed by atoms with Crippen LogP contribution in [0.25, 0.3) is 0 Å². The molecular formula is C31H38N2O2S. The van der Waals surface area contributed by atoms with Crippen LogP contribution >= 0.6 is 11.8 Å². The summed E-state index contributed by atoms with van der Waals surface area (Å²) in [4.78, 5) is 29.1. The SMILES string of the molecule is CC[C@H](C)NC(=O)[C@H](Cc1ccccc1)N(Cc1ccccc1C)C(=O)CSCc1ccc(C)cc1. The number of benzene rings is 3. The van der Waals surface area contributed by atoms with Crippen molar-refractivity contribution in [1.29, 1.82) is 0 Å². The number of carbonyl (C=O) groups excluding carboxylic acids is 2. The Hall–Kier alpha value is -3.05. The molecule has 0 aliphatic rings. The summed E-state index contributed by atoms with van der Waals surface area (Å²) < 4.78 is 0. The van der Waals surface area contributed by atoms with Gasteiger partial charge in [-0.05, 0) is 49.4 Å². The Bertz CT molecular complexity index is 1110. The van der Waals surface area contributed by atoms with Crippen LogP contribution in [0.15, 0.2) is 78.9 Å². The molecule has 2 atom stereocenters. The Morgan fingerprint density at radius 2 is 1.56 bits per heavy atom. The van der Waals surface area contributed by atoms with E-state index in [1.807, 2.05) is 55.5 Å². The average molecular weight is 503 g/mol. The summed E-state index contributed by atoms with van der Waals surface area (Å²) in [5.74, 6) is 0.961. The second-order valence-corrected chi connectivity index (χ2v) is 10.4. The summed E-state index contributed by atoms with van der Waals surface area (Å²) in [6.07, 6.45) is 1.31. The van der Waals surface area contributed by atoms with Crippen molar-refractivity contribution in [2.24, 2.45) is 0 Å². The van der Waals surface area contributed by atoms with E-state index >= 15 is 0 Å². The molecular weight excluding hydrogens is 464 g/mol. The van der Waals surface area contributed by atoms with Crippen LogP contribution in [-0.2, 0) is 28.3 Å². The number of hydrogen-bond donors (Lipinski definition) is 1. The molecule has 4 nitrogen and oxygen atoms in total. The average Bonchev–Trinajstić information content (AvgIpc) is 2.88. The zero-order valence-electron chi connectivity index (χ0n) is 21.9. The van der Waals surface area contributed by atoms with Crippen molar-refractivity contribution < 1.29 is 9.59 Å². The molecule has 0 saturated heterocycles. The number of rotatable bonds is 12. The first-order chi connectivity index (χ1) is 17.4. The minimum absolute atomic E-state index is 0.0180. The van der Waals surface area contributed by atoms with E-state index in [4.69, 9.17) is 0 Å². The molecule has 0 fully saturated rings. The van der Waals surface area contributed by atoms with Gasteiger partial charge in [0.05, 0.1) is 5.75 Å². The topological polar surface area (TPSA) is 49.4 Å². The molecule has 0 aliphatic heterocycles. The van der Waals surface area contributed by atoms with Gasteiger partial charge in [-0.15, -0.1) is 11.8 Å². The normalized spacial score (nSPS) is 12.6. The first-order valence-corrected chi connectivity index (χ1v) is 13.8. The lowest BCUT2D eigenvalue weighted by Gasteiger charge is -2.32. The molecule has 190 valence electrons. The lowest BCUT2D eigenvalue weighted by atomic mass is 10.0. The quantitative estimate of drug-likeness (QED) is 0.326. The van der Waals surface area contributed by atoms with Crippen LogP contribution in [0.4, 0.5) is 0 Å². The van der Waals surface area contributed by atoms with Crippen molar-refractivity contribution in [3.63, 3.8) is 0 Å². The molecule has 3 aromatic carbocycles.